The van der Waals surface area contributed by atoms with Gasteiger partial charge in [0.25, 0.3) is 0 Å². The van der Waals surface area contributed by atoms with Gasteiger partial charge in [0.1, 0.15) is 6.04 Å². The average molecular weight is 299 g/mol. The van der Waals surface area contributed by atoms with Crippen molar-refractivity contribution in [2.45, 2.75) is 58.5 Å². The SMILES string of the molecule is CC(C)NC(=O)C(C)NC(=O)NCC1(CC(=O)O)CCC1. The van der Waals surface area contributed by atoms with Crippen molar-refractivity contribution in [3.8, 4) is 0 Å². The van der Waals surface area contributed by atoms with Crippen molar-refractivity contribution in [3.05, 3.63) is 0 Å². The van der Waals surface area contributed by atoms with E-state index in [2.05, 4.69) is 16.0 Å². The summed E-state index contributed by atoms with van der Waals surface area (Å²) in [6.45, 7) is 5.62. The fourth-order valence-electron chi connectivity index (χ4n) is 2.40. The molecule has 0 spiro atoms. The first-order chi connectivity index (χ1) is 9.74. The summed E-state index contributed by atoms with van der Waals surface area (Å²) in [5, 5.41) is 16.8. The molecule has 1 unspecified atom stereocenters. The van der Waals surface area contributed by atoms with Crippen LogP contribution in [0.3, 0.4) is 0 Å². The number of aliphatic carboxylic acids is 1. The van der Waals surface area contributed by atoms with Gasteiger partial charge < -0.3 is 21.1 Å². The highest BCUT2D eigenvalue weighted by Crippen LogP contribution is 2.43. The molecule has 0 aromatic carbocycles. The molecule has 0 saturated heterocycles. The van der Waals surface area contributed by atoms with Crippen LogP contribution in [0, 0.1) is 5.41 Å². The third-order valence-electron chi connectivity index (χ3n) is 3.74. The van der Waals surface area contributed by atoms with Crippen LogP contribution in [0.4, 0.5) is 4.79 Å². The maximum atomic E-state index is 11.8. The number of carbonyl (C=O) groups is 3. The lowest BCUT2D eigenvalue weighted by Crippen LogP contribution is -2.52. The van der Waals surface area contributed by atoms with Crippen molar-refractivity contribution >= 4 is 17.9 Å². The third-order valence-corrected chi connectivity index (χ3v) is 3.74. The summed E-state index contributed by atoms with van der Waals surface area (Å²) in [5.41, 5.74) is -0.327. The summed E-state index contributed by atoms with van der Waals surface area (Å²) in [6.07, 6.45) is 2.67. The monoisotopic (exact) mass is 299 g/mol. The van der Waals surface area contributed by atoms with Gasteiger partial charge in [-0.05, 0) is 39.0 Å². The molecule has 0 radical (unpaired) electrons. The Balaban J connectivity index is 2.36. The number of amides is 3. The molecule has 1 fully saturated rings. The van der Waals surface area contributed by atoms with Crippen LogP contribution in [0.15, 0.2) is 0 Å². The fraction of sp³-hybridized carbons (Fsp3) is 0.786. The molecular formula is C14H25N3O4. The minimum Gasteiger partial charge on any atom is -0.481 e. The Labute approximate surface area is 124 Å². The van der Waals surface area contributed by atoms with Crippen LogP contribution in [-0.2, 0) is 9.59 Å². The predicted molar refractivity (Wildman–Crippen MR) is 77.8 cm³/mol. The second-order valence-corrected chi connectivity index (χ2v) is 6.14. The van der Waals surface area contributed by atoms with E-state index in [1.807, 2.05) is 13.8 Å². The first kappa shape index (κ1) is 17.3. The number of rotatable bonds is 7. The molecule has 0 aliphatic heterocycles. The highest BCUT2D eigenvalue weighted by atomic mass is 16.4. The highest BCUT2D eigenvalue weighted by molar-refractivity contribution is 5.86. The van der Waals surface area contributed by atoms with Gasteiger partial charge in [-0.15, -0.1) is 0 Å². The van der Waals surface area contributed by atoms with Crippen molar-refractivity contribution in [2.75, 3.05) is 6.54 Å². The standard InChI is InChI=1S/C14H25N3O4/c1-9(2)16-12(20)10(3)17-13(21)15-8-14(5-4-6-14)7-11(18)19/h9-10H,4-8H2,1-3H3,(H,16,20)(H,18,19)(H2,15,17,21). The highest BCUT2D eigenvalue weighted by Gasteiger charge is 2.39. The third kappa shape index (κ3) is 5.61. The van der Waals surface area contributed by atoms with E-state index >= 15 is 0 Å². The van der Waals surface area contributed by atoms with Gasteiger partial charge in [-0.1, -0.05) is 6.42 Å². The summed E-state index contributed by atoms with van der Waals surface area (Å²) >= 11 is 0. The predicted octanol–water partition coefficient (Wildman–Crippen LogP) is 0.844. The summed E-state index contributed by atoms with van der Waals surface area (Å²) in [7, 11) is 0. The van der Waals surface area contributed by atoms with E-state index in [4.69, 9.17) is 5.11 Å². The molecule has 1 aliphatic rings. The van der Waals surface area contributed by atoms with Crippen LogP contribution < -0.4 is 16.0 Å². The number of hydrogen-bond donors (Lipinski definition) is 4. The Morgan fingerprint density at radius 2 is 1.76 bits per heavy atom. The maximum Gasteiger partial charge on any atom is 0.315 e. The second kappa shape index (κ2) is 7.28. The number of carboxylic acids is 1. The number of hydrogen-bond acceptors (Lipinski definition) is 3. The van der Waals surface area contributed by atoms with Crippen molar-refractivity contribution in [3.63, 3.8) is 0 Å². The lowest BCUT2D eigenvalue weighted by atomic mass is 9.66. The topological polar surface area (TPSA) is 108 Å². The van der Waals surface area contributed by atoms with Crippen molar-refractivity contribution in [1.29, 1.82) is 0 Å². The lowest BCUT2D eigenvalue weighted by molar-refractivity contribution is -0.141. The lowest BCUT2D eigenvalue weighted by Gasteiger charge is -2.40. The van der Waals surface area contributed by atoms with E-state index in [9.17, 15) is 14.4 Å². The van der Waals surface area contributed by atoms with E-state index < -0.39 is 18.0 Å². The number of nitrogens with one attached hydrogen (secondary N) is 3. The van der Waals surface area contributed by atoms with E-state index in [0.29, 0.717) is 6.54 Å². The molecule has 1 rings (SSSR count). The Morgan fingerprint density at radius 3 is 2.19 bits per heavy atom. The summed E-state index contributed by atoms with van der Waals surface area (Å²) in [6, 6.07) is -1.07. The average Bonchev–Trinajstić information content (AvgIpc) is 2.31. The van der Waals surface area contributed by atoms with E-state index in [1.165, 1.54) is 0 Å². The van der Waals surface area contributed by atoms with Gasteiger partial charge in [-0.25, -0.2) is 4.79 Å². The summed E-state index contributed by atoms with van der Waals surface area (Å²) in [4.78, 5) is 34.3. The zero-order chi connectivity index (χ0) is 16.0. The van der Waals surface area contributed by atoms with Crippen molar-refractivity contribution in [2.24, 2.45) is 5.41 Å². The van der Waals surface area contributed by atoms with E-state index in [0.717, 1.165) is 19.3 Å². The molecule has 7 nitrogen and oxygen atoms in total. The summed E-state index contributed by atoms with van der Waals surface area (Å²) in [5.74, 6) is -1.09. The molecule has 4 N–H and O–H groups in total. The Hall–Kier alpha value is -1.79. The fourth-order valence-corrected chi connectivity index (χ4v) is 2.40. The normalized spacial score (nSPS) is 17.5. The van der Waals surface area contributed by atoms with Gasteiger partial charge in [0.15, 0.2) is 0 Å². The molecule has 3 amide bonds. The largest absolute Gasteiger partial charge is 0.481 e. The van der Waals surface area contributed by atoms with E-state index in [1.54, 1.807) is 6.92 Å². The Kier molecular flexibility index (Phi) is 5.99. The van der Waals surface area contributed by atoms with Crippen molar-refractivity contribution < 1.29 is 19.5 Å². The molecule has 0 heterocycles. The second-order valence-electron chi connectivity index (χ2n) is 6.14. The van der Waals surface area contributed by atoms with Crippen LogP contribution in [0.2, 0.25) is 0 Å². The molecule has 120 valence electrons. The van der Waals surface area contributed by atoms with Crippen LogP contribution in [0.1, 0.15) is 46.5 Å². The molecule has 0 aromatic rings. The van der Waals surface area contributed by atoms with Gasteiger partial charge in [-0.2, -0.15) is 0 Å². The zero-order valence-corrected chi connectivity index (χ0v) is 12.9. The van der Waals surface area contributed by atoms with Gasteiger partial charge in [0, 0.05) is 12.6 Å². The molecule has 1 saturated carbocycles. The van der Waals surface area contributed by atoms with Crippen LogP contribution >= 0.6 is 0 Å². The van der Waals surface area contributed by atoms with Gasteiger partial charge in [0.05, 0.1) is 6.42 Å². The van der Waals surface area contributed by atoms with Crippen LogP contribution in [0.25, 0.3) is 0 Å². The van der Waals surface area contributed by atoms with Gasteiger partial charge in [0.2, 0.25) is 5.91 Å². The molecule has 1 atom stereocenters. The summed E-state index contributed by atoms with van der Waals surface area (Å²) < 4.78 is 0. The smallest absolute Gasteiger partial charge is 0.315 e. The zero-order valence-electron chi connectivity index (χ0n) is 12.9. The van der Waals surface area contributed by atoms with Crippen LogP contribution in [0.5, 0.6) is 0 Å². The molecule has 0 bridgehead atoms. The number of carboxylic acid groups (broad SMARTS) is 1. The van der Waals surface area contributed by atoms with Gasteiger partial charge in [-0.3, -0.25) is 9.59 Å². The number of urea groups is 1. The first-order valence-electron chi connectivity index (χ1n) is 7.31. The first-order valence-corrected chi connectivity index (χ1v) is 7.31. The minimum atomic E-state index is -0.846. The van der Waals surface area contributed by atoms with Crippen molar-refractivity contribution in [1.82, 2.24) is 16.0 Å². The number of carbonyl (C=O) groups excluding carboxylic acids is 2. The van der Waals surface area contributed by atoms with Crippen LogP contribution in [-0.4, -0.2) is 41.6 Å². The van der Waals surface area contributed by atoms with E-state index in [-0.39, 0.29) is 23.8 Å². The maximum absolute atomic E-state index is 11.8. The Morgan fingerprint density at radius 1 is 1.14 bits per heavy atom. The minimum absolute atomic E-state index is 0.0126. The molecule has 1 aliphatic carbocycles. The quantitative estimate of drug-likeness (QED) is 0.559. The molecular weight excluding hydrogens is 274 g/mol. The van der Waals surface area contributed by atoms with Gasteiger partial charge >= 0.3 is 12.0 Å². The molecule has 7 heteroatoms. The molecule has 0 aromatic heterocycles. The Bertz CT molecular complexity index is 405. The molecule has 21 heavy (non-hydrogen) atoms.